The SMILES string of the molecule is NC(=O)c1cc(Br)ccc1N.NC(=O)c1cc(Br)ccc1NC(=O)C(F)F. The minimum absolute atomic E-state index is 0.0385. The predicted octanol–water partition coefficient (Wildman–Crippen LogP) is 2.88. The van der Waals surface area contributed by atoms with Crippen molar-refractivity contribution in [2.75, 3.05) is 11.1 Å². The zero-order valence-electron chi connectivity index (χ0n) is 13.5. The number of nitrogens with one attached hydrogen (secondary N) is 1. The lowest BCUT2D eigenvalue weighted by atomic mass is 10.1. The average Bonchev–Trinajstić information content (AvgIpc) is 2.58. The summed E-state index contributed by atoms with van der Waals surface area (Å²) in [6.45, 7) is 0. The van der Waals surface area contributed by atoms with Gasteiger partial charge in [-0.05, 0) is 36.4 Å². The molecule has 0 aromatic heterocycles. The number of rotatable bonds is 4. The van der Waals surface area contributed by atoms with Gasteiger partial charge in [0.15, 0.2) is 0 Å². The van der Waals surface area contributed by atoms with E-state index in [9.17, 15) is 23.2 Å². The van der Waals surface area contributed by atoms with E-state index in [0.29, 0.717) is 15.7 Å². The number of amides is 3. The van der Waals surface area contributed by atoms with Crippen LogP contribution in [0, 0.1) is 0 Å². The quantitative estimate of drug-likeness (QED) is 0.472. The fourth-order valence-electron chi connectivity index (χ4n) is 1.76. The molecule has 0 spiro atoms. The molecule has 11 heteroatoms. The summed E-state index contributed by atoms with van der Waals surface area (Å²) in [7, 11) is 0. The van der Waals surface area contributed by atoms with Crippen molar-refractivity contribution < 1.29 is 23.2 Å². The fraction of sp³-hybridized carbons (Fsp3) is 0.0625. The van der Waals surface area contributed by atoms with Crippen LogP contribution < -0.4 is 22.5 Å². The maximum atomic E-state index is 12.0. The van der Waals surface area contributed by atoms with Gasteiger partial charge in [-0.2, -0.15) is 8.78 Å². The van der Waals surface area contributed by atoms with Gasteiger partial charge in [-0.3, -0.25) is 14.4 Å². The van der Waals surface area contributed by atoms with Crippen molar-refractivity contribution in [2.24, 2.45) is 11.5 Å². The molecule has 0 bridgehead atoms. The predicted molar refractivity (Wildman–Crippen MR) is 104 cm³/mol. The van der Waals surface area contributed by atoms with E-state index in [2.05, 4.69) is 31.9 Å². The summed E-state index contributed by atoms with van der Waals surface area (Å²) in [6, 6.07) is 9.12. The van der Waals surface area contributed by atoms with Crippen molar-refractivity contribution in [3.63, 3.8) is 0 Å². The number of hydrogen-bond donors (Lipinski definition) is 4. The molecule has 2 rings (SSSR count). The molecule has 0 atom stereocenters. The lowest BCUT2D eigenvalue weighted by Gasteiger charge is -2.08. The summed E-state index contributed by atoms with van der Waals surface area (Å²) < 4.78 is 25.3. The second-order valence-corrected chi connectivity index (χ2v) is 6.77. The summed E-state index contributed by atoms with van der Waals surface area (Å²) >= 11 is 6.29. The van der Waals surface area contributed by atoms with Gasteiger partial charge in [-0.25, -0.2) is 0 Å². The van der Waals surface area contributed by atoms with E-state index in [0.717, 1.165) is 4.47 Å². The number of hydrogen-bond acceptors (Lipinski definition) is 4. The Morgan fingerprint density at radius 2 is 1.37 bits per heavy atom. The number of nitrogens with two attached hydrogens (primary N) is 3. The van der Waals surface area contributed by atoms with Crippen LogP contribution in [-0.4, -0.2) is 24.1 Å². The summed E-state index contributed by atoms with van der Waals surface area (Å²) in [5.41, 5.74) is 16.2. The molecule has 2 aromatic carbocycles. The monoisotopic (exact) mass is 506 g/mol. The van der Waals surface area contributed by atoms with Crippen molar-refractivity contribution >= 4 is 61.0 Å². The normalized spacial score (nSPS) is 9.96. The van der Waals surface area contributed by atoms with Crippen molar-refractivity contribution in [3.05, 3.63) is 56.5 Å². The number of alkyl halides is 2. The second kappa shape index (κ2) is 9.97. The molecule has 0 unspecified atom stereocenters. The van der Waals surface area contributed by atoms with Gasteiger partial charge in [-0.1, -0.05) is 31.9 Å². The molecule has 0 aliphatic carbocycles. The summed E-state index contributed by atoms with van der Waals surface area (Å²) in [6.07, 6.45) is -3.15. The minimum atomic E-state index is -3.15. The van der Waals surface area contributed by atoms with Crippen molar-refractivity contribution in [1.82, 2.24) is 0 Å². The molecule has 7 nitrogen and oxygen atoms in total. The summed E-state index contributed by atoms with van der Waals surface area (Å²) in [5, 5.41) is 1.91. The topological polar surface area (TPSA) is 141 Å². The van der Waals surface area contributed by atoms with Gasteiger partial charge in [-0.15, -0.1) is 0 Å². The van der Waals surface area contributed by atoms with Gasteiger partial charge in [0.2, 0.25) is 0 Å². The number of halogens is 4. The average molecular weight is 508 g/mol. The molecule has 27 heavy (non-hydrogen) atoms. The Morgan fingerprint density at radius 3 is 1.81 bits per heavy atom. The first kappa shape index (κ1) is 22.5. The van der Waals surface area contributed by atoms with Gasteiger partial charge in [0.05, 0.1) is 16.8 Å². The molecule has 0 heterocycles. The van der Waals surface area contributed by atoms with E-state index in [-0.39, 0.29) is 11.3 Å². The van der Waals surface area contributed by atoms with E-state index in [1.54, 1.807) is 18.2 Å². The van der Waals surface area contributed by atoms with Crippen LogP contribution in [0.5, 0.6) is 0 Å². The highest BCUT2D eigenvalue weighted by Gasteiger charge is 2.18. The number of benzene rings is 2. The molecule has 144 valence electrons. The van der Waals surface area contributed by atoms with Crippen LogP contribution in [0.2, 0.25) is 0 Å². The Balaban J connectivity index is 0.000000289. The van der Waals surface area contributed by atoms with Gasteiger partial charge in [0, 0.05) is 14.6 Å². The van der Waals surface area contributed by atoms with Crippen LogP contribution in [0.1, 0.15) is 20.7 Å². The van der Waals surface area contributed by atoms with Crippen LogP contribution in [-0.2, 0) is 4.79 Å². The highest BCUT2D eigenvalue weighted by atomic mass is 79.9. The van der Waals surface area contributed by atoms with Crippen LogP contribution in [0.3, 0.4) is 0 Å². The lowest BCUT2D eigenvalue weighted by molar-refractivity contribution is -0.126. The summed E-state index contributed by atoms with van der Waals surface area (Å²) in [5.74, 6) is -2.81. The Labute approximate surface area is 169 Å². The van der Waals surface area contributed by atoms with E-state index in [4.69, 9.17) is 17.2 Å². The third kappa shape index (κ3) is 6.94. The van der Waals surface area contributed by atoms with Gasteiger partial charge in [0.1, 0.15) is 0 Å². The van der Waals surface area contributed by atoms with Gasteiger partial charge < -0.3 is 22.5 Å². The standard InChI is InChI=1S/C9H7BrF2N2O2.C7H7BrN2O/c10-4-1-2-6(5(3-4)8(13)15)14-9(16)7(11)12;8-4-1-2-6(9)5(3-4)7(10)11/h1-3,7H,(H2,13,15)(H,14,16);1-3H,9H2,(H2,10,11). The first-order chi connectivity index (χ1) is 12.5. The maximum Gasteiger partial charge on any atom is 0.315 e. The highest BCUT2D eigenvalue weighted by molar-refractivity contribution is 9.10. The fourth-order valence-corrected chi connectivity index (χ4v) is 2.48. The molecule has 0 saturated carbocycles. The van der Waals surface area contributed by atoms with Crippen molar-refractivity contribution in [3.8, 4) is 0 Å². The van der Waals surface area contributed by atoms with Gasteiger partial charge >= 0.3 is 6.43 Å². The van der Waals surface area contributed by atoms with E-state index >= 15 is 0 Å². The number of carbonyl (C=O) groups excluding carboxylic acids is 3. The van der Waals surface area contributed by atoms with Crippen LogP contribution in [0.25, 0.3) is 0 Å². The molecule has 0 aliphatic heterocycles. The molecule has 2 aromatic rings. The molecular weight excluding hydrogens is 494 g/mol. The van der Waals surface area contributed by atoms with E-state index in [1.807, 2.05) is 5.32 Å². The zero-order valence-corrected chi connectivity index (χ0v) is 16.7. The zero-order chi connectivity index (χ0) is 20.7. The second-order valence-electron chi connectivity index (χ2n) is 4.94. The Morgan fingerprint density at radius 1 is 0.889 bits per heavy atom. The number of carbonyl (C=O) groups is 3. The van der Waals surface area contributed by atoms with Crippen LogP contribution in [0.4, 0.5) is 20.2 Å². The first-order valence-corrected chi connectivity index (χ1v) is 8.64. The Bertz CT molecular complexity index is 879. The van der Waals surface area contributed by atoms with Crippen LogP contribution in [0.15, 0.2) is 45.3 Å². The third-order valence-corrected chi connectivity index (χ3v) is 3.97. The molecule has 0 aliphatic rings. The molecule has 7 N–H and O–H groups in total. The molecular formula is C16H14Br2F2N4O3. The number of nitrogen functional groups attached to an aromatic ring is 1. The smallest absolute Gasteiger partial charge is 0.315 e. The summed E-state index contributed by atoms with van der Waals surface area (Å²) in [4.78, 5) is 32.4. The molecule has 0 saturated heterocycles. The highest BCUT2D eigenvalue weighted by Crippen LogP contribution is 2.21. The Hall–Kier alpha value is -2.53. The van der Waals surface area contributed by atoms with Crippen molar-refractivity contribution in [1.29, 1.82) is 0 Å². The van der Waals surface area contributed by atoms with E-state index in [1.165, 1.54) is 18.2 Å². The number of anilines is 2. The van der Waals surface area contributed by atoms with E-state index < -0.39 is 24.1 Å². The Kier molecular flexibility index (Phi) is 8.32. The molecule has 3 amide bonds. The molecule has 0 fully saturated rings. The van der Waals surface area contributed by atoms with Crippen molar-refractivity contribution in [2.45, 2.75) is 6.43 Å². The first-order valence-electron chi connectivity index (χ1n) is 7.06. The number of primary amides is 2. The third-order valence-electron chi connectivity index (χ3n) is 2.98. The lowest BCUT2D eigenvalue weighted by Crippen LogP contribution is -2.23. The largest absolute Gasteiger partial charge is 0.398 e. The molecule has 0 radical (unpaired) electrons. The van der Waals surface area contributed by atoms with Crippen LogP contribution >= 0.6 is 31.9 Å². The minimum Gasteiger partial charge on any atom is -0.398 e. The van der Waals surface area contributed by atoms with Gasteiger partial charge in [0.25, 0.3) is 17.7 Å². The maximum absolute atomic E-state index is 12.0.